The lowest BCUT2D eigenvalue weighted by Crippen LogP contribution is -2.27. The molecule has 0 radical (unpaired) electrons. The molecule has 130 valence electrons. The Morgan fingerprint density at radius 1 is 1.21 bits per heavy atom. The highest BCUT2D eigenvalue weighted by Crippen LogP contribution is 2.39. The number of hydrogen-bond donors (Lipinski definition) is 2. The van der Waals surface area contributed by atoms with Crippen molar-refractivity contribution in [3.63, 3.8) is 0 Å². The molecule has 7 nitrogen and oxygen atoms in total. The van der Waals surface area contributed by atoms with Crippen LogP contribution >= 0.6 is 15.9 Å². The van der Waals surface area contributed by atoms with Gasteiger partial charge in [0.05, 0.1) is 31.8 Å². The second kappa shape index (κ2) is 7.57. The maximum absolute atomic E-state index is 12.4. The van der Waals surface area contributed by atoms with Gasteiger partial charge in [0.2, 0.25) is 5.75 Å². The number of amides is 1. The predicted octanol–water partition coefficient (Wildman–Crippen LogP) is 3.00. The number of rotatable bonds is 6. The summed E-state index contributed by atoms with van der Waals surface area (Å²) in [5, 5.41) is 9.68. The molecule has 0 saturated carbocycles. The smallest absolute Gasteiger partial charge is 0.273 e. The number of nitrogens with zero attached hydrogens (tertiary/aromatic N) is 1. The maximum atomic E-state index is 12.4. The van der Waals surface area contributed by atoms with E-state index in [2.05, 4.69) is 31.4 Å². The third-order valence-corrected chi connectivity index (χ3v) is 4.59. The molecule has 1 aromatic carbocycles. The average molecular weight is 398 g/mol. The molecular weight excluding hydrogens is 378 g/mol. The lowest BCUT2D eigenvalue weighted by molar-refractivity contribution is 0.0934. The van der Waals surface area contributed by atoms with E-state index in [0.717, 1.165) is 11.3 Å². The molecule has 2 aromatic rings. The van der Waals surface area contributed by atoms with Crippen molar-refractivity contribution in [3.05, 3.63) is 33.6 Å². The molecule has 0 bridgehead atoms. The highest BCUT2D eigenvalue weighted by Gasteiger charge is 2.21. The minimum Gasteiger partial charge on any atom is -0.493 e. The summed E-state index contributed by atoms with van der Waals surface area (Å²) in [4.78, 5) is 12.4. The SMILES string of the molecule is COc1cc(C(C)NC(=O)c2n[nH]c(C)c2Br)cc(OC)c1OC. The zero-order valence-corrected chi connectivity index (χ0v) is 15.8. The van der Waals surface area contributed by atoms with Crippen molar-refractivity contribution in [3.8, 4) is 17.2 Å². The van der Waals surface area contributed by atoms with E-state index >= 15 is 0 Å². The molecule has 0 saturated heterocycles. The maximum Gasteiger partial charge on any atom is 0.273 e. The quantitative estimate of drug-likeness (QED) is 0.782. The van der Waals surface area contributed by atoms with Crippen molar-refractivity contribution < 1.29 is 19.0 Å². The zero-order valence-electron chi connectivity index (χ0n) is 14.2. The van der Waals surface area contributed by atoms with Gasteiger partial charge in [0.1, 0.15) is 0 Å². The minimum absolute atomic E-state index is 0.282. The van der Waals surface area contributed by atoms with Crippen LogP contribution in [0.1, 0.15) is 34.7 Å². The molecule has 0 spiro atoms. The highest BCUT2D eigenvalue weighted by molar-refractivity contribution is 9.10. The molecule has 0 aliphatic rings. The molecule has 2 N–H and O–H groups in total. The Balaban J connectivity index is 2.27. The van der Waals surface area contributed by atoms with Crippen LogP contribution in [-0.4, -0.2) is 37.4 Å². The van der Waals surface area contributed by atoms with Crippen LogP contribution < -0.4 is 19.5 Å². The van der Waals surface area contributed by atoms with Crippen molar-refractivity contribution in [1.29, 1.82) is 0 Å². The molecule has 0 fully saturated rings. The number of carbonyl (C=O) groups excluding carboxylic acids is 1. The Morgan fingerprint density at radius 2 is 1.79 bits per heavy atom. The summed E-state index contributed by atoms with van der Waals surface area (Å²) in [6, 6.07) is 3.32. The number of methoxy groups -OCH3 is 3. The van der Waals surface area contributed by atoms with Crippen molar-refractivity contribution in [2.24, 2.45) is 0 Å². The van der Waals surface area contributed by atoms with Gasteiger partial charge in [-0.2, -0.15) is 5.10 Å². The molecule has 0 aliphatic carbocycles. The number of aromatic amines is 1. The van der Waals surface area contributed by atoms with Crippen molar-refractivity contribution >= 4 is 21.8 Å². The van der Waals surface area contributed by atoms with Gasteiger partial charge in [-0.15, -0.1) is 0 Å². The Hall–Kier alpha value is -2.22. The van der Waals surface area contributed by atoms with Crippen molar-refractivity contribution in [2.75, 3.05) is 21.3 Å². The summed E-state index contributed by atoms with van der Waals surface area (Å²) >= 11 is 3.35. The van der Waals surface area contributed by atoms with Gasteiger partial charge in [-0.25, -0.2) is 0 Å². The van der Waals surface area contributed by atoms with Gasteiger partial charge in [0.25, 0.3) is 5.91 Å². The number of aromatic nitrogens is 2. The van der Waals surface area contributed by atoms with Crippen LogP contribution in [-0.2, 0) is 0 Å². The third-order valence-electron chi connectivity index (χ3n) is 3.62. The largest absolute Gasteiger partial charge is 0.493 e. The number of nitrogens with one attached hydrogen (secondary N) is 2. The van der Waals surface area contributed by atoms with E-state index in [-0.39, 0.29) is 11.9 Å². The van der Waals surface area contributed by atoms with Crippen LogP contribution in [0.4, 0.5) is 0 Å². The summed E-state index contributed by atoms with van der Waals surface area (Å²) in [6.07, 6.45) is 0. The van der Waals surface area contributed by atoms with E-state index in [9.17, 15) is 4.79 Å². The number of benzene rings is 1. The number of H-pyrrole nitrogens is 1. The molecular formula is C16H20BrN3O4. The van der Waals surface area contributed by atoms with Gasteiger partial charge >= 0.3 is 0 Å². The lowest BCUT2D eigenvalue weighted by Gasteiger charge is -2.18. The zero-order chi connectivity index (χ0) is 17.9. The Morgan fingerprint density at radius 3 is 2.21 bits per heavy atom. The second-order valence-electron chi connectivity index (χ2n) is 5.17. The van der Waals surface area contributed by atoms with Crippen LogP contribution in [0.2, 0.25) is 0 Å². The average Bonchev–Trinajstić information content (AvgIpc) is 2.92. The normalized spacial score (nSPS) is 11.8. The van der Waals surface area contributed by atoms with Gasteiger partial charge < -0.3 is 19.5 Å². The van der Waals surface area contributed by atoms with Crippen LogP contribution in [0.3, 0.4) is 0 Å². The fraction of sp³-hybridized carbons (Fsp3) is 0.375. The van der Waals surface area contributed by atoms with E-state index < -0.39 is 0 Å². The predicted molar refractivity (Wildman–Crippen MR) is 93.0 cm³/mol. The first-order valence-electron chi connectivity index (χ1n) is 7.24. The topological polar surface area (TPSA) is 85.5 Å². The van der Waals surface area contributed by atoms with E-state index in [0.29, 0.717) is 27.4 Å². The number of aryl methyl sites for hydroxylation is 1. The third kappa shape index (κ3) is 3.48. The van der Waals surface area contributed by atoms with Gasteiger partial charge in [-0.05, 0) is 47.5 Å². The van der Waals surface area contributed by atoms with E-state index in [1.165, 1.54) is 0 Å². The van der Waals surface area contributed by atoms with Crippen LogP contribution in [0, 0.1) is 6.92 Å². The molecule has 1 unspecified atom stereocenters. The van der Waals surface area contributed by atoms with Crippen molar-refractivity contribution in [1.82, 2.24) is 15.5 Å². The standard InChI is InChI=1S/C16H20BrN3O4/c1-8(18-16(21)14-13(17)9(2)19-20-14)10-6-11(22-3)15(24-5)12(7-10)23-4/h6-8H,1-5H3,(H,18,21)(H,19,20). The van der Waals surface area contributed by atoms with Gasteiger partial charge in [0, 0.05) is 5.69 Å². The first kappa shape index (κ1) is 18.1. The Kier molecular flexibility index (Phi) is 5.71. The number of hydrogen-bond acceptors (Lipinski definition) is 5. The summed E-state index contributed by atoms with van der Waals surface area (Å²) in [6.45, 7) is 3.70. The lowest BCUT2D eigenvalue weighted by atomic mass is 10.1. The molecule has 8 heteroatoms. The van der Waals surface area contributed by atoms with Gasteiger partial charge in [-0.3, -0.25) is 9.89 Å². The summed E-state index contributed by atoms with van der Waals surface area (Å²) < 4.78 is 16.6. The molecule has 2 rings (SSSR count). The van der Waals surface area contributed by atoms with Crippen LogP contribution in [0.25, 0.3) is 0 Å². The number of halogens is 1. The summed E-state index contributed by atoms with van der Waals surface area (Å²) in [5.74, 6) is 1.29. The summed E-state index contributed by atoms with van der Waals surface area (Å²) in [5.41, 5.74) is 1.92. The fourth-order valence-corrected chi connectivity index (χ4v) is 2.62. The van der Waals surface area contributed by atoms with Gasteiger partial charge in [0.15, 0.2) is 17.2 Å². The highest BCUT2D eigenvalue weighted by atomic mass is 79.9. The molecule has 24 heavy (non-hydrogen) atoms. The minimum atomic E-state index is -0.285. The summed E-state index contributed by atoms with van der Waals surface area (Å²) in [7, 11) is 4.64. The molecule has 1 aromatic heterocycles. The van der Waals surface area contributed by atoms with E-state index in [1.54, 1.807) is 33.5 Å². The molecule has 1 atom stereocenters. The monoisotopic (exact) mass is 397 g/mol. The number of carbonyl (C=O) groups is 1. The molecule has 1 amide bonds. The first-order valence-corrected chi connectivity index (χ1v) is 8.03. The Labute approximate surface area is 148 Å². The number of ether oxygens (including phenoxy) is 3. The second-order valence-corrected chi connectivity index (χ2v) is 5.96. The van der Waals surface area contributed by atoms with Crippen LogP contribution in [0.15, 0.2) is 16.6 Å². The molecule has 1 heterocycles. The first-order chi connectivity index (χ1) is 11.4. The van der Waals surface area contributed by atoms with Crippen molar-refractivity contribution in [2.45, 2.75) is 19.9 Å². The van der Waals surface area contributed by atoms with Gasteiger partial charge in [-0.1, -0.05) is 0 Å². The van der Waals surface area contributed by atoms with E-state index in [4.69, 9.17) is 14.2 Å². The fourth-order valence-electron chi connectivity index (χ4n) is 2.27. The van der Waals surface area contributed by atoms with E-state index in [1.807, 2.05) is 13.8 Å². The molecule has 0 aliphatic heterocycles. The van der Waals surface area contributed by atoms with Crippen LogP contribution in [0.5, 0.6) is 17.2 Å². The Bertz CT molecular complexity index is 720.